The lowest BCUT2D eigenvalue weighted by Crippen LogP contribution is -2.34. The molecule has 1 aromatic carbocycles. The van der Waals surface area contributed by atoms with Gasteiger partial charge in [-0.25, -0.2) is 0 Å². The molecule has 0 saturated heterocycles. The molecule has 0 spiro atoms. The third-order valence-corrected chi connectivity index (χ3v) is 3.56. The fraction of sp³-hybridized carbons (Fsp3) is 0.533. The number of amides is 1. The van der Waals surface area contributed by atoms with Crippen molar-refractivity contribution in [1.29, 1.82) is 0 Å². The van der Waals surface area contributed by atoms with Gasteiger partial charge in [-0.05, 0) is 23.8 Å². The van der Waals surface area contributed by atoms with Crippen LogP contribution in [0.15, 0.2) is 30.3 Å². The summed E-state index contributed by atoms with van der Waals surface area (Å²) in [6.45, 7) is 4.73. The van der Waals surface area contributed by atoms with Crippen molar-refractivity contribution in [1.82, 2.24) is 5.32 Å². The summed E-state index contributed by atoms with van der Waals surface area (Å²) < 4.78 is 0. The lowest BCUT2D eigenvalue weighted by molar-refractivity contribution is -0.121. The summed E-state index contributed by atoms with van der Waals surface area (Å²) in [6, 6.07) is 10.2. The summed E-state index contributed by atoms with van der Waals surface area (Å²) in [5.74, 6) is 0.668. The molecule has 0 radical (unpaired) electrons. The number of halogens is 1. The van der Waals surface area contributed by atoms with Crippen LogP contribution in [-0.4, -0.2) is 18.3 Å². The Balaban J connectivity index is 2.18. The van der Waals surface area contributed by atoms with Crippen LogP contribution in [0.5, 0.6) is 0 Å². The van der Waals surface area contributed by atoms with E-state index in [-0.39, 0.29) is 11.3 Å². The molecule has 2 nitrogen and oxygen atoms in total. The Morgan fingerprint density at radius 1 is 1.28 bits per heavy atom. The Labute approximate surface area is 115 Å². The van der Waals surface area contributed by atoms with Gasteiger partial charge in [-0.1, -0.05) is 44.2 Å². The van der Waals surface area contributed by atoms with E-state index in [9.17, 15) is 4.79 Å². The SMILES string of the molecule is CC(C)(CCl)CNC(=O)CCCc1ccccc1. The number of rotatable bonds is 7. The average Bonchev–Trinajstić information content (AvgIpc) is 2.38. The monoisotopic (exact) mass is 267 g/mol. The second-order valence-corrected chi connectivity index (χ2v) is 5.68. The molecule has 0 aromatic heterocycles. The fourth-order valence-electron chi connectivity index (χ4n) is 1.57. The van der Waals surface area contributed by atoms with Crippen LogP contribution < -0.4 is 5.32 Å². The van der Waals surface area contributed by atoms with Gasteiger partial charge in [0.15, 0.2) is 0 Å². The van der Waals surface area contributed by atoms with Crippen LogP contribution in [0.1, 0.15) is 32.3 Å². The Morgan fingerprint density at radius 2 is 1.94 bits per heavy atom. The zero-order valence-electron chi connectivity index (χ0n) is 11.2. The Kier molecular flexibility index (Phi) is 6.20. The van der Waals surface area contributed by atoms with Crippen LogP contribution in [-0.2, 0) is 11.2 Å². The normalized spacial score (nSPS) is 11.3. The molecule has 1 aromatic rings. The van der Waals surface area contributed by atoms with E-state index in [1.807, 2.05) is 32.0 Å². The quantitative estimate of drug-likeness (QED) is 0.754. The molecule has 0 fully saturated rings. The highest BCUT2D eigenvalue weighted by Crippen LogP contribution is 2.15. The van der Waals surface area contributed by atoms with Gasteiger partial charge < -0.3 is 5.32 Å². The maximum Gasteiger partial charge on any atom is 0.220 e. The first-order valence-electron chi connectivity index (χ1n) is 6.40. The standard InChI is InChI=1S/C15H22ClNO/c1-15(2,11-16)12-17-14(18)10-6-9-13-7-4-3-5-8-13/h3-5,7-8H,6,9-12H2,1-2H3,(H,17,18). The number of nitrogens with one attached hydrogen (secondary N) is 1. The van der Waals surface area contributed by atoms with E-state index in [2.05, 4.69) is 17.4 Å². The number of benzene rings is 1. The molecule has 100 valence electrons. The van der Waals surface area contributed by atoms with Gasteiger partial charge in [-0.15, -0.1) is 11.6 Å². The van der Waals surface area contributed by atoms with Crippen LogP contribution in [0.25, 0.3) is 0 Å². The molecule has 1 N–H and O–H groups in total. The first-order valence-corrected chi connectivity index (χ1v) is 6.93. The number of carbonyl (C=O) groups excluding carboxylic acids is 1. The highest BCUT2D eigenvalue weighted by atomic mass is 35.5. The van der Waals surface area contributed by atoms with Crippen molar-refractivity contribution in [2.24, 2.45) is 5.41 Å². The fourth-order valence-corrected chi connectivity index (χ4v) is 1.67. The predicted octanol–water partition coefficient (Wildman–Crippen LogP) is 3.39. The van der Waals surface area contributed by atoms with E-state index in [4.69, 9.17) is 11.6 Å². The topological polar surface area (TPSA) is 29.1 Å². The molecular formula is C15H22ClNO. The van der Waals surface area contributed by atoms with Crippen molar-refractivity contribution in [2.45, 2.75) is 33.1 Å². The van der Waals surface area contributed by atoms with E-state index >= 15 is 0 Å². The lowest BCUT2D eigenvalue weighted by atomic mass is 9.96. The second-order valence-electron chi connectivity index (χ2n) is 5.41. The molecule has 0 aliphatic heterocycles. The van der Waals surface area contributed by atoms with Crippen molar-refractivity contribution >= 4 is 17.5 Å². The van der Waals surface area contributed by atoms with E-state index in [1.54, 1.807) is 0 Å². The second kappa shape index (κ2) is 7.42. The highest BCUT2D eigenvalue weighted by molar-refractivity contribution is 6.18. The van der Waals surface area contributed by atoms with Gasteiger partial charge in [0.25, 0.3) is 0 Å². The molecule has 0 bridgehead atoms. The first kappa shape index (κ1) is 15.0. The largest absolute Gasteiger partial charge is 0.356 e. The lowest BCUT2D eigenvalue weighted by Gasteiger charge is -2.21. The van der Waals surface area contributed by atoms with Gasteiger partial charge in [0.2, 0.25) is 5.91 Å². The van der Waals surface area contributed by atoms with E-state index < -0.39 is 0 Å². The van der Waals surface area contributed by atoms with Gasteiger partial charge >= 0.3 is 0 Å². The summed E-state index contributed by atoms with van der Waals surface area (Å²) >= 11 is 5.81. The van der Waals surface area contributed by atoms with Crippen molar-refractivity contribution < 1.29 is 4.79 Å². The molecule has 0 atom stereocenters. The first-order chi connectivity index (χ1) is 8.53. The van der Waals surface area contributed by atoms with Crippen molar-refractivity contribution in [3.63, 3.8) is 0 Å². The zero-order valence-corrected chi connectivity index (χ0v) is 12.0. The van der Waals surface area contributed by atoms with Gasteiger partial charge in [-0.2, -0.15) is 0 Å². The molecule has 0 aliphatic rings. The summed E-state index contributed by atoms with van der Waals surface area (Å²) in [5, 5.41) is 2.94. The molecule has 0 heterocycles. The molecule has 0 saturated carbocycles. The Morgan fingerprint density at radius 3 is 2.56 bits per heavy atom. The minimum Gasteiger partial charge on any atom is -0.356 e. The molecule has 0 aliphatic carbocycles. The maximum absolute atomic E-state index is 11.6. The van der Waals surface area contributed by atoms with Crippen LogP contribution in [0.2, 0.25) is 0 Å². The van der Waals surface area contributed by atoms with Gasteiger partial charge in [0.1, 0.15) is 0 Å². The predicted molar refractivity (Wildman–Crippen MR) is 76.9 cm³/mol. The van der Waals surface area contributed by atoms with E-state index in [0.29, 0.717) is 18.8 Å². The van der Waals surface area contributed by atoms with Crippen LogP contribution in [0, 0.1) is 5.41 Å². The molecular weight excluding hydrogens is 246 g/mol. The summed E-state index contributed by atoms with van der Waals surface area (Å²) in [4.78, 5) is 11.6. The number of hydrogen-bond acceptors (Lipinski definition) is 1. The zero-order chi connectivity index (χ0) is 13.4. The minimum absolute atomic E-state index is 0.0311. The maximum atomic E-state index is 11.6. The highest BCUT2D eigenvalue weighted by Gasteiger charge is 2.16. The number of aryl methyl sites for hydroxylation is 1. The van der Waals surface area contributed by atoms with Crippen LogP contribution in [0.3, 0.4) is 0 Å². The van der Waals surface area contributed by atoms with Gasteiger partial charge in [0.05, 0.1) is 0 Å². The molecule has 1 amide bonds. The molecule has 18 heavy (non-hydrogen) atoms. The smallest absolute Gasteiger partial charge is 0.220 e. The van der Waals surface area contributed by atoms with E-state index in [0.717, 1.165) is 12.8 Å². The molecule has 3 heteroatoms. The third-order valence-electron chi connectivity index (χ3n) is 2.84. The Hall–Kier alpha value is -1.02. The van der Waals surface area contributed by atoms with Crippen LogP contribution >= 0.6 is 11.6 Å². The number of hydrogen-bond donors (Lipinski definition) is 1. The van der Waals surface area contributed by atoms with Crippen molar-refractivity contribution in [3.8, 4) is 0 Å². The number of carbonyl (C=O) groups is 1. The molecule has 0 unspecified atom stereocenters. The van der Waals surface area contributed by atoms with Gasteiger partial charge in [0, 0.05) is 18.8 Å². The third kappa shape index (κ3) is 6.06. The minimum atomic E-state index is -0.0311. The van der Waals surface area contributed by atoms with Crippen molar-refractivity contribution in [3.05, 3.63) is 35.9 Å². The van der Waals surface area contributed by atoms with Crippen LogP contribution in [0.4, 0.5) is 0 Å². The van der Waals surface area contributed by atoms with Gasteiger partial charge in [-0.3, -0.25) is 4.79 Å². The van der Waals surface area contributed by atoms with E-state index in [1.165, 1.54) is 5.56 Å². The number of alkyl halides is 1. The Bertz CT molecular complexity index is 362. The summed E-state index contributed by atoms with van der Waals surface area (Å²) in [6.07, 6.45) is 2.41. The molecule has 1 rings (SSSR count). The summed E-state index contributed by atoms with van der Waals surface area (Å²) in [5.41, 5.74) is 1.25. The summed E-state index contributed by atoms with van der Waals surface area (Å²) in [7, 11) is 0. The van der Waals surface area contributed by atoms with Crippen molar-refractivity contribution in [2.75, 3.05) is 12.4 Å². The average molecular weight is 268 g/mol.